The molecule has 0 bridgehead atoms. The van der Waals surface area contributed by atoms with Crippen molar-refractivity contribution < 1.29 is 19.2 Å². The van der Waals surface area contributed by atoms with Crippen molar-refractivity contribution in [1.29, 1.82) is 0 Å². The van der Waals surface area contributed by atoms with Crippen LogP contribution in [-0.2, 0) is 16.1 Å². The first-order chi connectivity index (χ1) is 18.9. The zero-order valence-corrected chi connectivity index (χ0v) is 21.7. The van der Waals surface area contributed by atoms with E-state index in [4.69, 9.17) is 4.52 Å². The number of carbonyl (C=O) groups excluding carboxylic acids is 1. The lowest BCUT2D eigenvalue weighted by atomic mass is 9.78. The van der Waals surface area contributed by atoms with Gasteiger partial charge in [-0.15, -0.1) is 0 Å². The molecule has 11 heteroatoms. The van der Waals surface area contributed by atoms with Gasteiger partial charge in [-0.25, -0.2) is 15.0 Å². The fourth-order valence-electron chi connectivity index (χ4n) is 4.87. The summed E-state index contributed by atoms with van der Waals surface area (Å²) in [5.74, 6) is -1.46. The number of amides is 1. The van der Waals surface area contributed by atoms with Crippen molar-refractivity contribution in [2.75, 3.05) is 10.6 Å². The smallest absolute Gasteiger partial charge is 0.307 e. The summed E-state index contributed by atoms with van der Waals surface area (Å²) in [7, 11) is 0. The maximum atomic E-state index is 12.9. The van der Waals surface area contributed by atoms with Crippen LogP contribution in [0.1, 0.15) is 42.6 Å². The highest BCUT2D eigenvalue weighted by atomic mass is 16.5. The molecule has 1 saturated carbocycles. The van der Waals surface area contributed by atoms with E-state index in [-0.39, 0.29) is 5.91 Å². The molecule has 4 aromatic heterocycles. The minimum atomic E-state index is -0.920. The summed E-state index contributed by atoms with van der Waals surface area (Å²) in [5.41, 5.74) is 4.84. The van der Waals surface area contributed by atoms with Crippen molar-refractivity contribution in [3.63, 3.8) is 0 Å². The number of nitrogens with one attached hydrogen (secondary N) is 2. The quantitative estimate of drug-likeness (QED) is 0.295. The molecule has 1 amide bonds. The van der Waals surface area contributed by atoms with Crippen LogP contribution in [0.3, 0.4) is 0 Å². The maximum absolute atomic E-state index is 12.9. The molecule has 1 aliphatic carbocycles. The number of hydrogen-bond donors (Lipinski definition) is 3. The summed E-state index contributed by atoms with van der Waals surface area (Å²) in [6.45, 7) is 3.99. The van der Waals surface area contributed by atoms with Gasteiger partial charge in [0.1, 0.15) is 5.69 Å². The Kier molecular flexibility index (Phi) is 7.57. The molecule has 1 aliphatic rings. The Balaban J connectivity index is 1.30. The molecule has 5 rings (SSSR count). The topological polar surface area (TPSA) is 156 Å². The van der Waals surface area contributed by atoms with Gasteiger partial charge in [0.05, 0.1) is 34.6 Å². The van der Waals surface area contributed by atoms with Gasteiger partial charge in [-0.05, 0) is 57.0 Å². The second kappa shape index (κ2) is 11.4. The third-order valence-corrected chi connectivity index (χ3v) is 7.02. The van der Waals surface area contributed by atoms with E-state index in [9.17, 15) is 14.7 Å². The molecular formula is C28H29N7O4. The highest BCUT2D eigenvalue weighted by Gasteiger charge is 2.36. The van der Waals surface area contributed by atoms with E-state index in [1.54, 1.807) is 37.6 Å². The van der Waals surface area contributed by atoms with Gasteiger partial charge in [0.15, 0.2) is 5.76 Å². The van der Waals surface area contributed by atoms with Gasteiger partial charge >= 0.3 is 5.97 Å². The van der Waals surface area contributed by atoms with Gasteiger partial charge in [0.25, 0.3) is 0 Å². The Bertz CT molecular complexity index is 1490. The number of aryl methyl sites for hydroxylation is 2. The molecule has 4 aromatic rings. The number of hydrogen-bond acceptors (Lipinski definition) is 9. The van der Waals surface area contributed by atoms with Gasteiger partial charge in [-0.3, -0.25) is 14.6 Å². The Hall–Kier alpha value is -4.67. The fourth-order valence-corrected chi connectivity index (χ4v) is 4.87. The van der Waals surface area contributed by atoms with Crippen molar-refractivity contribution in [2.45, 2.75) is 46.1 Å². The highest BCUT2D eigenvalue weighted by molar-refractivity contribution is 5.95. The van der Waals surface area contributed by atoms with E-state index < -0.39 is 17.8 Å². The Morgan fingerprint density at radius 3 is 2.56 bits per heavy atom. The molecule has 2 unspecified atom stereocenters. The average Bonchev–Trinajstić information content (AvgIpc) is 3.33. The molecule has 11 nitrogen and oxygen atoms in total. The van der Waals surface area contributed by atoms with Crippen LogP contribution in [0.25, 0.3) is 22.7 Å². The van der Waals surface area contributed by atoms with Crippen LogP contribution in [0.2, 0.25) is 0 Å². The summed E-state index contributed by atoms with van der Waals surface area (Å²) < 4.78 is 5.62. The Morgan fingerprint density at radius 2 is 1.82 bits per heavy atom. The van der Waals surface area contributed by atoms with Gasteiger partial charge in [-0.1, -0.05) is 18.0 Å². The first kappa shape index (κ1) is 26.0. The van der Waals surface area contributed by atoms with Gasteiger partial charge in [0, 0.05) is 36.3 Å². The molecular weight excluding hydrogens is 498 g/mol. The van der Waals surface area contributed by atoms with Gasteiger partial charge in [-0.2, -0.15) is 0 Å². The number of carbonyl (C=O) groups is 2. The fraction of sp³-hybridized carbons (Fsp3) is 0.321. The number of carboxylic acids is 1. The second-order valence-electron chi connectivity index (χ2n) is 9.59. The minimum Gasteiger partial charge on any atom is -0.481 e. The minimum absolute atomic E-state index is 0.284. The molecule has 0 radical (unpaired) electrons. The van der Waals surface area contributed by atoms with Crippen molar-refractivity contribution in [1.82, 2.24) is 25.1 Å². The number of carboxylic acid groups (broad SMARTS) is 1. The zero-order chi connectivity index (χ0) is 27.4. The molecule has 0 aliphatic heterocycles. The highest BCUT2D eigenvalue weighted by Crippen LogP contribution is 2.32. The Morgan fingerprint density at radius 1 is 1.00 bits per heavy atom. The largest absolute Gasteiger partial charge is 0.481 e. The molecule has 0 spiro atoms. The van der Waals surface area contributed by atoms with Crippen LogP contribution in [0, 0.1) is 25.7 Å². The number of rotatable bonds is 8. The van der Waals surface area contributed by atoms with Gasteiger partial charge < -0.3 is 20.3 Å². The third-order valence-electron chi connectivity index (χ3n) is 7.02. The molecule has 0 saturated heterocycles. The predicted molar refractivity (Wildman–Crippen MR) is 144 cm³/mol. The van der Waals surface area contributed by atoms with E-state index in [1.807, 2.05) is 25.1 Å². The average molecular weight is 528 g/mol. The van der Waals surface area contributed by atoms with E-state index in [2.05, 4.69) is 35.7 Å². The summed E-state index contributed by atoms with van der Waals surface area (Å²) >= 11 is 0. The van der Waals surface area contributed by atoms with Crippen LogP contribution < -0.4 is 10.6 Å². The number of pyridine rings is 2. The first-order valence-corrected chi connectivity index (χ1v) is 12.8. The van der Waals surface area contributed by atoms with Crippen molar-refractivity contribution >= 4 is 23.5 Å². The van der Waals surface area contributed by atoms with Crippen molar-refractivity contribution in [3.05, 3.63) is 65.9 Å². The lowest BCUT2D eigenvalue weighted by Crippen LogP contribution is -2.36. The summed E-state index contributed by atoms with van der Waals surface area (Å²) in [6.07, 6.45) is 7.89. The van der Waals surface area contributed by atoms with Crippen molar-refractivity contribution in [3.8, 4) is 22.7 Å². The predicted octanol–water partition coefficient (Wildman–Crippen LogP) is 4.65. The molecule has 0 aromatic carbocycles. The summed E-state index contributed by atoms with van der Waals surface area (Å²) in [4.78, 5) is 42.2. The van der Waals surface area contributed by atoms with E-state index in [0.29, 0.717) is 53.9 Å². The van der Waals surface area contributed by atoms with E-state index in [1.165, 1.54) is 0 Å². The van der Waals surface area contributed by atoms with Crippen LogP contribution in [0.4, 0.5) is 11.6 Å². The molecule has 39 heavy (non-hydrogen) atoms. The lowest BCUT2D eigenvalue weighted by molar-refractivity contribution is -0.147. The molecule has 1 fully saturated rings. The standard InChI is InChI=1S/C28H29N7O4/c1-16-21(15-31-28-30-13-11-23(34-28)18-6-5-12-29-14-18)25(39-35-16)24-10-9-22(17(2)32-24)33-26(36)19-7-3-4-8-20(19)27(37)38/h5-6,9-14,19-20H,3-4,7-8,15H2,1-2H3,(H,33,36)(H,37,38)(H,30,31,34). The number of anilines is 2. The number of aromatic nitrogens is 5. The Labute approximate surface area is 225 Å². The summed E-state index contributed by atoms with van der Waals surface area (Å²) in [5, 5.41) is 19.8. The summed E-state index contributed by atoms with van der Waals surface area (Å²) in [6, 6.07) is 9.11. The van der Waals surface area contributed by atoms with Gasteiger partial charge in [0.2, 0.25) is 11.9 Å². The molecule has 2 atom stereocenters. The van der Waals surface area contributed by atoms with E-state index in [0.717, 1.165) is 29.7 Å². The third kappa shape index (κ3) is 5.77. The van der Waals surface area contributed by atoms with Crippen LogP contribution in [0.5, 0.6) is 0 Å². The monoisotopic (exact) mass is 527 g/mol. The zero-order valence-electron chi connectivity index (χ0n) is 21.7. The lowest BCUT2D eigenvalue weighted by Gasteiger charge is -2.27. The van der Waals surface area contributed by atoms with Crippen molar-refractivity contribution in [2.24, 2.45) is 11.8 Å². The molecule has 3 N–H and O–H groups in total. The van der Waals surface area contributed by atoms with Crippen LogP contribution in [-0.4, -0.2) is 42.1 Å². The molecule has 4 heterocycles. The normalized spacial score (nSPS) is 17.0. The van der Waals surface area contributed by atoms with E-state index >= 15 is 0 Å². The second-order valence-corrected chi connectivity index (χ2v) is 9.59. The first-order valence-electron chi connectivity index (χ1n) is 12.8. The van der Waals surface area contributed by atoms with Crippen LogP contribution in [0.15, 0.2) is 53.4 Å². The number of nitrogens with zero attached hydrogens (tertiary/aromatic N) is 5. The SMILES string of the molecule is Cc1nc(-c2onc(C)c2CNc2nccc(-c3cccnc3)n2)ccc1NC(=O)C1CCCCC1C(=O)O. The molecule has 200 valence electrons. The number of aliphatic carboxylic acids is 1. The maximum Gasteiger partial charge on any atom is 0.307 e. The van der Waals surface area contributed by atoms with Crippen LogP contribution >= 0.6 is 0 Å².